The van der Waals surface area contributed by atoms with Gasteiger partial charge in [0, 0.05) is 0 Å². The monoisotopic (exact) mass is 391 g/mol. The fourth-order valence-electron chi connectivity index (χ4n) is 2.28. The van der Waals surface area contributed by atoms with E-state index in [0.29, 0.717) is 11.1 Å². The van der Waals surface area contributed by atoms with E-state index >= 15 is 0 Å². The molecule has 0 spiro atoms. The van der Waals surface area contributed by atoms with Crippen LogP contribution in [0.5, 0.6) is 5.75 Å². The van der Waals surface area contributed by atoms with Crippen LogP contribution in [-0.4, -0.2) is 25.4 Å². The molecule has 0 bridgehead atoms. The van der Waals surface area contributed by atoms with Crippen molar-refractivity contribution in [2.75, 3.05) is 12.4 Å². The van der Waals surface area contributed by atoms with E-state index in [1.54, 1.807) is 41.7 Å². The van der Waals surface area contributed by atoms with Crippen molar-refractivity contribution in [3.63, 3.8) is 0 Å². The molecule has 0 aliphatic heterocycles. The van der Waals surface area contributed by atoms with Crippen LogP contribution in [0.1, 0.15) is 6.92 Å². The lowest BCUT2D eigenvalue weighted by Gasteiger charge is -2.32. The van der Waals surface area contributed by atoms with Crippen LogP contribution >= 0.6 is 0 Å². The number of rotatable bonds is 4. The van der Waals surface area contributed by atoms with E-state index in [4.69, 9.17) is 4.74 Å². The summed E-state index contributed by atoms with van der Waals surface area (Å²) in [5.41, 5.74) is -3.74. The predicted molar refractivity (Wildman–Crippen MR) is 87.3 cm³/mol. The Morgan fingerprint density at radius 3 is 1.93 bits per heavy atom. The number of carbonyl (C=O) groups excluding carboxylic acids is 1. The second kappa shape index (κ2) is 7.13. The number of ether oxygens (including phenoxy) is 1. The molecule has 0 heterocycles. The van der Waals surface area contributed by atoms with Gasteiger partial charge in [-0.05, 0) is 30.2 Å². The largest absolute Gasteiger partial charge is 0.495 e. The lowest BCUT2D eigenvalue weighted by molar-refractivity contribution is -0.317. The average Bonchev–Trinajstić information content (AvgIpc) is 2.59. The molecule has 0 saturated heterocycles. The van der Waals surface area contributed by atoms with Crippen LogP contribution in [-0.2, 0) is 4.79 Å². The third-order valence-corrected chi connectivity index (χ3v) is 4.14. The number of methoxy groups -OCH3 is 1. The third-order valence-electron chi connectivity index (χ3n) is 4.14. The van der Waals surface area contributed by atoms with Gasteiger partial charge in [-0.3, -0.25) is 4.79 Å². The lowest BCUT2D eigenvalue weighted by Crippen LogP contribution is -2.55. The normalized spacial score (nSPS) is 12.6. The smallest absolute Gasteiger partial charge is 0.411 e. The van der Waals surface area contributed by atoms with Crippen molar-refractivity contribution in [2.24, 2.45) is 5.41 Å². The Morgan fingerprint density at radius 2 is 1.44 bits per heavy atom. The van der Waals surface area contributed by atoms with Crippen molar-refractivity contribution >= 4 is 11.6 Å². The lowest BCUT2D eigenvalue weighted by atomic mass is 9.87. The molecule has 0 saturated carbocycles. The topological polar surface area (TPSA) is 38.3 Å². The van der Waals surface area contributed by atoms with Gasteiger partial charge in [-0.2, -0.15) is 26.3 Å². The Hall–Kier alpha value is -2.71. The number of hydrogen-bond donors (Lipinski definition) is 1. The first-order valence-electron chi connectivity index (χ1n) is 7.60. The van der Waals surface area contributed by atoms with Gasteiger partial charge < -0.3 is 10.1 Å². The van der Waals surface area contributed by atoms with Gasteiger partial charge in [0.05, 0.1) is 12.8 Å². The van der Waals surface area contributed by atoms with Gasteiger partial charge in [-0.15, -0.1) is 0 Å². The number of amides is 1. The van der Waals surface area contributed by atoms with E-state index in [2.05, 4.69) is 0 Å². The van der Waals surface area contributed by atoms with Gasteiger partial charge in [0.2, 0.25) is 11.3 Å². The minimum absolute atomic E-state index is 0.0743. The summed E-state index contributed by atoms with van der Waals surface area (Å²) < 4.78 is 83.4. The minimum atomic E-state index is -5.83. The highest BCUT2D eigenvalue weighted by Gasteiger charge is 2.72. The van der Waals surface area contributed by atoms with Crippen LogP contribution in [0.2, 0.25) is 0 Å². The minimum Gasteiger partial charge on any atom is -0.495 e. The molecule has 27 heavy (non-hydrogen) atoms. The molecule has 0 atom stereocenters. The van der Waals surface area contributed by atoms with Crippen molar-refractivity contribution in [1.29, 1.82) is 0 Å². The van der Waals surface area contributed by atoms with Gasteiger partial charge in [0.1, 0.15) is 5.75 Å². The summed E-state index contributed by atoms with van der Waals surface area (Å²) in [7, 11) is 1.18. The molecule has 0 fully saturated rings. The van der Waals surface area contributed by atoms with Crippen LogP contribution in [0.3, 0.4) is 0 Å². The zero-order valence-electron chi connectivity index (χ0n) is 14.2. The van der Waals surface area contributed by atoms with E-state index in [9.17, 15) is 31.1 Å². The number of nitrogens with one attached hydrogen (secondary N) is 1. The van der Waals surface area contributed by atoms with Gasteiger partial charge in [-0.25, -0.2) is 0 Å². The Balaban J connectivity index is 2.47. The molecule has 9 heteroatoms. The molecule has 2 aromatic rings. The first kappa shape index (κ1) is 20.6. The maximum atomic E-state index is 13.1. The second-order valence-electron chi connectivity index (χ2n) is 5.86. The van der Waals surface area contributed by atoms with E-state index < -0.39 is 23.7 Å². The number of alkyl halides is 6. The second-order valence-corrected chi connectivity index (χ2v) is 5.86. The highest BCUT2D eigenvalue weighted by atomic mass is 19.4. The Kier molecular flexibility index (Phi) is 5.44. The summed E-state index contributed by atoms with van der Waals surface area (Å²) >= 11 is 0. The molecule has 1 amide bonds. The zero-order chi connectivity index (χ0) is 20.5. The number of carbonyl (C=O) groups is 1. The molecule has 146 valence electrons. The number of halogens is 6. The molecule has 0 aromatic heterocycles. The summed E-state index contributed by atoms with van der Waals surface area (Å²) in [6.07, 6.45) is -11.7. The van der Waals surface area contributed by atoms with E-state index in [1.807, 2.05) is 0 Å². The van der Waals surface area contributed by atoms with Crippen LogP contribution in [0.15, 0.2) is 48.5 Å². The zero-order valence-corrected chi connectivity index (χ0v) is 14.2. The third kappa shape index (κ3) is 3.86. The van der Waals surface area contributed by atoms with Gasteiger partial charge in [-0.1, -0.05) is 36.4 Å². The molecule has 0 radical (unpaired) electrons. The van der Waals surface area contributed by atoms with E-state index in [0.717, 1.165) is 0 Å². The van der Waals surface area contributed by atoms with E-state index in [-0.39, 0.29) is 18.4 Å². The van der Waals surface area contributed by atoms with Gasteiger partial charge >= 0.3 is 12.4 Å². The van der Waals surface area contributed by atoms with Gasteiger partial charge in [0.15, 0.2) is 0 Å². The molecular weight excluding hydrogens is 376 g/mol. The van der Waals surface area contributed by atoms with Crippen molar-refractivity contribution in [2.45, 2.75) is 19.3 Å². The van der Waals surface area contributed by atoms with Crippen LogP contribution in [0.25, 0.3) is 11.1 Å². The molecule has 2 rings (SSSR count). The van der Waals surface area contributed by atoms with Crippen molar-refractivity contribution in [3.05, 3.63) is 48.5 Å². The SMILES string of the molecule is COc1ccc(-c2ccccc2)cc1NC(=O)C(C)(C(F)(F)F)C(F)(F)F. The molecular formula is C18H15F6NO2. The number of anilines is 1. The predicted octanol–water partition coefficient (Wildman–Crippen LogP) is 5.43. The highest BCUT2D eigenvalue weighted by molar-refractivity contribution is 5.98. The summed E-state index contributed by atoms with van der Waals surface area (Å²) in [6.45, 7) is -0.199. The fraction of sp³-hybridized carbons (Fsp3) is 0.278. The summed E-state index contributed by atoms with van der Waals surface area (Å²) in [5, 5.41) is 1.72. The maximum absolute atomic E-state index is 13.1. The number of benzene rings is 2. The van der Waals surface area contributed by atoms with Crippen molar-refractivity contribution < 1.29 is 35.9 Å². The Morgan fingerprint density at radius 1 is 0.889 bits per heavy atom. The molecule has 0 aliphatic rings. The van der Waals surface area contributed by atoms with Crippen molar-refractivity contribution in [3.8, 4) is 16.9 Å². The molecule has 2 aromatic carbocycles. The standard InChI is InChI=1S/C18H15F6NO2/c1-16(17(19,20)21,18(22,23)24)15(26)25-13-10-12(8-9-14(13)27-2)11-6-4-3-5-7-11/h3-10H,1-2H3,(H,25,26). The Labute approximate surface area is 150 Å². The van der Waals surface area contributed by atoms with Crippen molar-refractivity contribution in [1.82, 2.24) is 0 Å². The quantitative estimate of drug-likeness (QED) is 0.706. The molecule has 0 aliphatic carbocycles. The molecule has 1 N–H and O–H groups in total. The summed E-state index contributed by atoms with van der Waals surface area (Å²) in [6, 6.07) is 12.7. The maximum Gasteiger partial charge on any atom is 0.411 e. The highest BCUT2D eigenvalue weighted by Crippen LogP contribution is 2.51. The Bertz CT molecular complexity index is 801. The van der Waals surface area contributed by atoms with Crippen LogP contribution in [0.4, 0.5) is 32.0 Å². The summed E-state index contributed by atoms with van der Waals surface area (Å²) in [4.78, 5) is 12.0. The first-order valence-corrected chi connectivity index (χ1v) is 7.60. The molecule has 0 unspecified atom stereocenters. The average molecular weight is 391 g/mol. The first-order chi connectivity index (χ1) is 12.4. The van der Waals surface area contributed by atoms with Crippen LogP contribution < -0.4 is 10.1 Å². The van der Waals surface area contributed by atoms with E-state index in [1.165, 1.54) is 19.2 Å². The molecule has 3 nitrogen and oxygen atoms in total. The van der Waals surface area contributed by atoms with Crippen LogP contribution in [0, 0.1) is 5.41 Å². The summed E-state index contributed by atoms with van der Waals surface area (Å²) in [5.74, 6) is -2.32. The van der Waals surface area contributed by atoms with Gasteiger partial charge in [0.25, 0.3) is 0 Å². The fourth-order valence-corrected chi connectivity index (χ4v) is 2.28. The number of hydrogen-bond acceptors (Lipinski definition) is 2.